The summed E-state index contributed by atoms with van der Waals surface area (Å²) in [5, 5.41) is 7.49. The molecule has 0 spiro atoms. The van der Waals surface area contributed by atoms with Gasteiger partial charge in [-0.05, 0) is 38.9 Å². The quantitative estimate of drug-likeness (QED) is 0.865. The molecule has 0 amide bonds. The zero-order chi connectivity index (χ0) is 13.0. The van der Waals surface area contributed by atoms with Crippen LogP contribution in [0.15, 0.2) is 24.5 Å². The van der Waals surface area contributed by atoms with Gasteiger partial charge in [-0.15, -0.1) is 0 Å². The smallest absolute Gasteiger partial charge is 0.125 e. The normalized spacial score (nSPS) is 12.6. The number of aromatic nitrogens is 4. The summed E-state index contributed by atoms with van der Waals surface area (Å²) in [6.45, 7) is 1.91. The number of aryl methyl sites for hydroxylation is 3. The van der Waals surface area contributed by atoms with E-state index in [1.54, 1.807) is 0 Å². The van der Waals surface area contributed by atoms with Gasteiger partial charge in [-0.2, -0.15) is 5.10 Å². The molecule has 1 unspecified atom stereocenters. The second-order valence-electron chi connectivity index (χ2n) is 4.35. The molecule has 2 heterocycles. The molecule has 0 fully saturated rings. The molecule has 0 aromatic carbocycles. The van der Waals surface area contributed by atoms with E-state index >= 15 is 0 Å². The first-order chi connectivity index (χ1) is 8.70. The van der Waals surface area contributed by atoms with Crippen LogP contribution in [0.5, 0.6) is 0 Å². The number of hydrogen-bond donors (Lipinski definition) is 1. The van der Waals surface area contributed by atoms with Crippen LogP contribution in [0.1, 0.15) is 29.7 Å². The monoisotopic (exact) mass is 245 g/mol. The largest absolute Gasteiger partial charge is 0.312 e. The van der Waals surface area contributed by atoms with Crippen LogP contribution in [0.25, 0.3) is 0 Å². The van der Waals surface area contributed by atoms with Crippen LogP contribution in [-0.2, 0) is 13.5 Å². The Balaban J connectivity index is 2.04. The van der Waals surface area contributed by atoms with Crippen LogP contribution < -0.4 is 5.32 Å². The van der Waals surface area contributed by atoms with Gasteiger partial charge in [0, 0.05) is 31.2 Å². The lowest BCUT2D eigenvalue weighted by atomic mass is 10.1. The highest BCUT2D eigenvalue weighted by Gasteiger charge is 2.12. The standard InChI is InChI=1S/C13H19N5/c1-10-15-8-7-13(17-10)12(14-2)5-4-11-6-9-16-18(11)3/h6-9,12,14H,4-5H2,1-3H3. The van der Waals surface area contributed by atoms with Crippen LogP contribution in [0, 0.1) is 6.92 Å². The first-order valence-corrected chi connectivity index (χ1v) is 6.14. The third-order valence-electron chi connectivity index (χ3n) is 3.11. The fourth-order valence-electron chi connectivity index (χ4n) is 2.05. The first kappa shape index (κ1) is 12.7. The van der Waals surface area contributed by atoms with Crippen molar-refractivity contribution < 1.29 is 0 Å². The zero-order valence-corrected chi connectivity index (χ0v) is 11.1. The molecule has 0 aliphatic rings. The molecule has 1 atom stereocenters. The van der Waals surface area contributed by atoms with Gasteiger partial charge in [-0.3, -0.25) is 4.68 Å². The van der Waals surface area contributed by atoms with E-state index in [1.807, 2.05) is 44.2 Å². The Morgan fingerprint density at radius 3 is 2.78 bits per heavy atom. The maximum Gasteiger partial charge on any atom is 0.125 e. The van der Waals surface area contributed by atoms with E-state index in [-0.39, 0.29) is 6.04 Å². The van der Waals surface area contributed by atoms with Gasteiger partial charge in [0.05, 0.1) is 5.69 Å². The summed E-state index contributed by atoms with van der Waals surface area (Å²) in [6.07, 6.45) is 5.61. The first-order valence-electron chi connectivity index (χ1n) is 6.14. The molecule has 18 heavy (non-hydrogen) atoms. The minimum absolute atomic E-state index is 0.251. The summed E-state index contributed by atoms with van der Waals surface area (Å²) < 4.78 is 1.91. The lowest BCUT2D eigenvalue weighted by Gasteiger charge is -2.15. The summed E-state index contributed by atoms with van der Waals surface area (Å²) in [6, 6.07) is 4.27. The molecule has 0 bridgehead atoms. The highest BCUT2D eigenvalue weighted by atomic mass is 15.2. The Kier molecular flexibility index (Phi) is 4.04. The second-order valence-corrected chi connectivity index (χ2v) is 4.35. The number of nitrogens with one attached hydrogen (secondary N) is 1. The molecule has 2 aromatic heterocycles. The van der Waals surface area contributed by atoms with Crippen molar-refractivity contribution in [2.75, 3.05) is 7.05 Å². The van der Waals surface area contributed by atoms with Crippen molar-refractivity contribution in [3.63, 3.8) is 0 Å². The van der Waals surface area contributed by atoms with Crippen molar-refractivity contribution in [3.05, 3.63) is 41.7 Å². The van der Waals surface area contributed by atoms with Gasteiger partial charge < -0.3 is 5.32 Å². The van der Waals surface area contributed by atoms with Crippen LogP contribution in [0.2, 0.25) is 0 Å². The van der Waals surface area contributed by atoms with E-state index in [4.69, 9.17) is 0 Å². The van der Waals surface area contributed by atoms with Crippen molar-refractivity contribution in [2.45, 2.75) is 25.8 Å². The minimum Gasteiger partial charge on any atom is -0.312 e. The molecule has 0 radical (unpaired) electrons. The summed E-state index contributed by atoms with van der Waals surface area (Å²) in [5.41, 5.74) is 2.29. The highest BCUT2D eigenvalue weighted by Crippen LogP contribution is 2.16. The Bertz CT molecular complexity index is 506. The third kappa shape index (κ3) is 2.92. The molecule has 2 aromatic rings. The summed E-state index contributed by atoms with van der Waals surface area (Å²) in [5.74, 6) is 0.813. The number of hydrogen-bond acceptors (Lipinski definition) is 4. The van der Waals surface area contributed by atoms with Crippen LogP contribution in [0.4, 0.5) is 0 Å². The Hall–Kier alpha value is -1.75. The third-order valence-corrected chi connectivity index (χ3v) is 3.11. The Labute approximate surface area is 107 Å². The van der Waals surface area contributed by atoms with E-state index in [2.05, 4.69) is 26.4 Å². The van der Waals surface area contributed by atoms with Crippen LogP contribution in [-0.4, -0.2) is 26.8 Å². The SMILES string of the molecule is CNC(CCc1ccnn1C)c1ccnc(C)n1. The average molecular weight is 245 g/mol. The van der Waals surface area contributed by atoms with Crippen LogP contribution in [0.3, 0.4) is 0 Å². The molecule has 0 aliphatic heterocycles. The molecule has 1 N–H and O–H groups in total. The minimum atomic E-state index is 0.251. The fraction of sp³-hybridized carbons (Fsp3) is 0.462. The average Bonchev–Trinajstić information content (AvgIpc) is 2.76. The predicted molar refractivity (Wildman–Crippen MR) is 70.1 cm³/mol. The zero-order valence-electron chi connectivity index (χ0n) is 11.1. The molecular formula is C13H19N5. The Morgan fingerprint density at radius 2 is 2.17 bits per heavy atom. The molecule has 2 rings (SSSR count). The highest BCUT2D eigenvalue weighted by molar-refractivity contribution is 5.09. The van der Waals surface area contributed by atoms with Crippen molar-refractivity contribution in [2.24, 2.45) is 7.05 Å². The van der Waals surface area contributed by atoms with Gasteiger partial charge in [0.25, 0.3) is 0 Å². The maximum atomic E-state index is 4.47. The molecule has 0 saturated carbocycles. The molecule has 5 heteroatoms. The Morgan fingerprint density at radius 1 is 1.33 bits per heavy atom. The van der Waals surface area contributed by atoms with Gasteiger partial charge in [0.1, 0.15) is 5.82 Å². The number of nitrogens with zero attached hydrogens (tertiary/aromatic N) is 4. The molecule has 0 saturated heterocycles. The summed E-state index contributed by atoms with van der Waals surface area (Å²) in [7, 11) is 3.93. The topological polar surface area (TPSA) is 55.6 Å². The van der Waals surface area contributed by atoms with Crippen molar-refractivity contribution in [3.8, 4) is 0 Å². The second kappa shape index (κ2) is 5.73. The van der Waals surface area contributed by atoms with Crippen molar-refractivity contribution >= 4 is 0 Å². The van der Waals surface area contributed by atoms with Gasteiger partial charge in [-0.25, -0.2) is 9.97 Å². The van der Waals surface area contributed by atoms with E-state index in [0.717, 1.165) is 24.4 Å². The van der Waals surface area contributed by atoms with E-state index < -0.39 is 0 Å². The summed E-state index contributed by atoms with van der Waals surface area (Å²) >= 11 is 0. The lowest BCUT2D eigenvalue weighted by molar-refractivity contribution is 0.521. The fourth-order valence-corrected chi connectivity index (χ4v) is 2.05. The van der Waals surface area contributed by atoms with Gasteiger partial charge >= 0.3 is 0 Å². The van der Waals surface area contributed by atoms with E-state index in [9.17, 15) is 0 Å². The molecule has 5 nitrogen and oxygen atoms in total. The molecule has 96 valence electrons. The van der Waals surface area contributed by atoms with E-state index in [1.165, 1.54) is 5.69 Å². The van der Waals surface area contributed by atoms with Gasteiger partial charge in [0.2, 0.25) is 0 Å². The summed E-state index contributed by atoms with van der Waals surface area (Å²) in [4.78, 5) is 8.60. The number of rotatable bonds is 5. The van der Waals surface area contributed by atoms with Crippen molar-refractivity contribution in [1.29, 1.82) is 0 Å². The van der Waals surface area contributed by atoms with Gasteiger partial charge in [-0.1, -0.05) is 0 Å². The molecule has 0 aliphatic carbocycles. The van der Waals surface area contributed by atoms with E-state index in [0.29, 0.717) is 0 Å². The maximum absolute atomic E-state index is 4.47. The lowest BCUT2D eigenvalue weighted by Crippen LogP contribution is -2.19. The predicted octanol–water partition coefficient (Wildman–Crippen LogP) is 1.41. The van der Waals surface area contributed by atoms with Gasteiger partial charge in [0.15, 0.2) is 0 Å². The molecular weight excluding hydrogens is 226 g/mol. The van der Waals surface area contributed by atoms with Crippen LogP contribution >= 0.6 is 0 Å². The van der Waals surface area contributed by atoms with Crippen molar-refractivity contribution in [1.82, 2.24) is 25.1 Å².